The Labute approximate surface area is 372 Å². The Kier molecular flexibility index (Phi) is 7.28. The van der Waals surface area contributed by atoms with Crippen LogP contribution in [0.3, 0.4) is 0 Å². The fraction of sp³-hybridized carbons (Fsp3) is 0.0323. The Morgan fingerprint density at radius 3 is 1.28 bits per heavy atom. The molecule has 298 valence electrons. The van der Waals surface area contributed by atoms with E-state index in [-0.39, 0.29) is 0 Å². The summed E-state index contributed by atoms with van der Waals surface area (Å²) in [7, 11) is 0. The third kappa shape index (κ3) is 4.39. The summed E-state index contributed by atoms with van der Waals surface area (Å²) in [5, 5.41) is 2.18. The zero-order chi connectivity index (χ0) is 42.0. The van der Waals surface area contributed by atoms with Gasteiger partial charge in [0.05, 0.1) is 22.2 Å². The van der Waals surface area contributed by atoms with Crippen LogP contribution in [0.2, 0.25) is 0 Å². The minimum atomic E-state index is -0.604. The van der Waals surface area contributed by atoms with Gasteiger partial charge in [0.1, 0.15) is 5.58 Å². The molecule has 0 aliphatic heterocycles. The fourth-order valence-corrected chi connectivity index (χ4v) is 12.3. The molecule has 64 heavy (non-hydrogen) atoms. The molecule has 1 spiro atoms. The van der Waals surface area contributed by atoms with Crippen molar-refractivity contribution in [1.29, 1.82) is 0 Å². The molecular weight excluding hydrogens is 775 g/mol. The monoisotopic (exact) mass is 813 g/mol. The van der Waals surface area contributed by atoms with E-state index in [1.54, 1.807) is 0 Å². The molecule has 0 fully saturated rings. The molecule has 1 aromatic heterocycles. The van der Waals surface area contributed by atoms with Gasteiger partial charge in [-0.25, -0.2) is 0 Å². The third-order valence-corrected chi connectivity index (χ3v) is 14.6. The molecule has 2 nitrogen and oxygen atoms in total. The van der Waals surface area contributed by atoms with Crippen molar-refractivity contribution in [2.75, 3.05) is 4.90 Å². The van der Waals surface area contributed by atoms with Crippen molar-refractivity contribution < 1.29 is 4.42 Å². The number of para-hydroxylation sites is 3. The van der Waals surface area contributed by atoms with Crippen LogP contribution < -0.4 is 4.90 Å². The van der Waals surface area contributed by atoms with E-state index in [0.717, 1.165) is 44.6 Å². The van der Waals surface area contributed by atoms with Gasteiger partial charge in [-0.2, -0.15) is 0 Å². The predicted octanol–water partition coefficient (Wildman–Crippen LogP) is 15.8. The smallest absolute Gasteiger partial charge is 0.159 e. The summed E-state index contributed by atoms with van der Waals surface area (Å²) >= 11 is 0. The van der Waals surface area contributed by atoms with Gasteiger partial charge in [0.15, 0.2) is 5.58 Å². The zero-order valence-corrected chi connectivity index (χ0v) is 34.9. The van der Waals surface area contributed by atoms with E-state index in [1.165, 1.54) is 72.3 Å². The number of hydrogen-bond acceptors (Lipinski definition) is 2. The average molecular weight is 814 g/mol. The molecule has 0 saturated heterocycles. The highest BCUT2D eigenvalue weighted by atomic mass is 16.3. The first-order chi connectivity index (χ1) is 31.8. The molecule has 14 rings (SSSR count). The number of benzene rings is 10. The number of rotatable bonds is 5. The van der Waals surface area contributed by atoms with E-state index in [9.17, 15) is 0 Å². The highest BCUT2D eigenvalue weighted by molar-refractivity contribution is 6.13. The van der Waals surface area contributed by atoms with Crippen LogP contribution >= 0.6 is 0 Å². The topological polar surface area (TPSA) is 16.4 Å². The SMILES string of the molecule is c1ccc(N(c2cccc3c2-c2ccccc2C32c3ccccc3-c3ccccc32)c2cccc3c2oc2c(C4(c5ccccc5)c5ccccc5-c5ccccc54)cccc23)cc1. The van der Waals surface area contributed by atoms with Crippen molar-refractivity contribution in [3.63, 3.8) is 0 Å². The van der Waals surface area contributed by atoms with E-state index in [4.69, 9.17) is 4.42 Å². The third-order valence-electron chi connectivity index (χ3n) is 14.6. The molecule has 11 aromatic rings. The predicted molar refractivity (Wildman–Crippen MR) is 262 cm³/mol. The number of nitrogens with zero attached hydrogens (tertiary/aromatic N) is 1. The van der Waals surface area contributed by atoms with Crippen LogP contribution in [0.1, 0.15) is 44.5 Å². The lowest BCUT2D eigenvalue weighted by molar-refractivity contribution is 0.648. The molecule has 0 amide bonds. The van der Waals surface area contributed by atoms with Crippen LogP contribution in [-0.2, 0) is 10.8 Å². The number of furan rings is 1. The van der Waals surface area contributed by atoms with Gasteiger partial charge in [-0.3, -0.25) is 0 Å². The molecule has 1 heterocycles. The molecule has 0 bridgehead atoms. The molecule has 0 N–H and O–H groups in total. The van der Waals surface area contributed by atoms with Crippen LogP contribution in [0.15, 0.2) is 241 Å². The van der Waals surface area contributed by atoms with E-state index in [1.807, 2.05) is 0 Å². The van der Waals surface area contributed by atoms with Crippen molar-refractivity contribution >= 4 is 39.0 Å². The van der Waals surface area contributed by atoms with Crippen LogP contribution in [0, 0.1) is 0 Å². The Morgan fingerprint density at radius 1 is 0.281 bits per heavy atom. The Balaban J connectivity index is 1.06. The lowest BCUT2D eigenvalue weighted by Crippen LogP contribution is -2.28. The molecule has 3 aliphatic carbocycles. The standard InChI is InChI=1S/C62H39NO/c1-3-20-40(21-4-1)61(49-31-12-7-24-42(49)43-25-8-13-32-50(43)61)55-37-17-29-46-47-30-18-39-57(60(47)64-59(46)55)63(41-22-5-2-6-23-41)56-38-19-36-54-58(56)48-28-11-16-35-53(48)62(54)51-33-14-9-26-44(51)45-27-10-15-34-52(45)62/h1-39H. The quantitative estimate of drug-likeness (QED) is 0.172. The first-order valence-corrected chi connectivity index (χ1v) is 22.3. The van der Waals surface area contributed by atoms with Crippen molar-refractivity contribution in [2.24, 2.45) is 0 Å². The van der Waals surface area contributed by atoms with Crippen LogP contribution in [0.5, 0.6) is 0 Å². The van der Waals surface area contributed by atoms with E-state index < -0.39 is 10.8 Å². The van der Waals surface area contributed by atoms with Gasteiger partial charge in [-0.15, -0.1) is 0 Å². The molecule has 0 unspecified atom stereocenters. The van der Waals surface area contributed by atoms with Gasteiger partial charge in [0.25, 0.3) is 0 Å². The van der Waals surface area contributed by atoms with Crippen LogP contribution in [0.25, 0.3) is 55.3 Å². The van der Waals surface area contributed by atoms with Crippen molar-refractivity contribution in [3.05, 3.63) is 281 Å². The van der Waals surface area contributed by atoms with Crippen molar-refractivity contribution in [1.82, 2.24) is 0 Å². The average Bonchev–Trinajstić information content (AvgIpc) is 4.08. The second-order valence-electron chi connectivity index (χ2n) is 17.4. The molecule has 2 heteroatoms. The minimum Gasteiger partial charge on any atom is -0.453 e. The Hall–Kier alpha value is -8.20. The first-order valence-electron chi connectivity index (χ1n) is 22.3. The van der Waals surface area contributed by atoms with Gasteiger partial charge < -0.3 is 9.32 Å². The highest BCUT2D eigenvalue weighted by Gasteiger charge is 2.53. The summed E-state index contributed by atoms with van der Waals surface area (Å²) in [5.41, 5.74) is 21.6. The maximum atomic E-state index is 7.56. The number of hydrogen-bond donors (Lipinski definition) is 0. The van der Waals surface area contributed by atoms with Crippen molar-refractivity contribution in [3.8, 4) is 33.4 Å². The summed E-state index contributed by atoms with van der Waals surface area (Å²) in [4.78, 5) is 2.44. The van der Waals surface area contributed by atoms with E-state index in [0.29, 0.717) is 0 Å². The molecule has 0 radical (unpaired) electrons. The van der Waals surface area contributed by atoms with Gasteiger partial charge >= 0.3 is 0 Å². The highest BCUT2D eigenvalue weighted by Crippen LogP contribution is 2.65. The molecule has 10 aromatic carbocycles. The molecule has 0 saturated carbocycles. The van der Waals surface area contributed by atoms with Crippen molar-refractivity contribution in [2.45, 2.75) is 10.8 Å². The minimum absolute atomic E-state index is 0.461. The zero-order valence-electron chi connectivity index (χ0n) is 34.9. The Morgan fingerprint density at radius 2 is 0.688 bits per heavy atom. The largest absolute Gasteiger partial charge is 0.453 e. The first kappa shape index (κ1) is 35.4. The summed E-state index contributed by atoms with van der Waals surface area (Å²) in [6, 6.07) is 87.2. The Bertz CT molecular complexity index is 3600. The summed E-state index contributed by atoms with van der Waals surface area (Å²) in [6.07, 6.45) is 0. The van der Waals surface area contributed by atoms with Gasteiger partial charge in [0, 0.05) is 27.6 Å². The number of anilines is 3. The van der Waals surface area contributed by atoms with Crippen LogP contribution in [0.4, 0.5) is 17.1 Å². The fourth-order valence-electron chi connectivity index (χ4n) is 12.3. The lowest BCUT2D eigenvalue weighted by Gasteiger charge is -2.33. The number of fused-ring (bicyclic) bond motifs is 16. The summed E-state index contributed by atoms with van der Waals surface area (Å²) < 4.78 is 7.56. The maximum Gasteiger partial charge on any atom is 0.159 e. The molecule has 3 aliphatic rings. The van der Waals surface area contributed by atoms with Gasteiger partial charge in [-0.1, -0.05) is 212 Å². The second-order valence-corrected chi connectivity index (χ2v) is 17.4. The van der Waals surface area contributed by atoms with Gasteiger partial charge in [-0.05, 0) is 91.0 Å². The molecule has 0 atom stereocenters. The van der Waals surface area contributed by atoms with Crippen LogP contribution in [-0.4, -0.2) is 0 Å². The van der Waals surface area contributed by atoms with E-state index in [2.05, 4.69) is 241 Å². The normalized spacial score (nSPS) is 14.2. The lowest BCUT2D eigenvalue weighted by atomic mass is 9.67. The van der Waals surface area contributed by atoms with E-state index >= 15 is 0 Å². The molecular formula is C62H39NO. The maximum absolute atomic E-state index is 7.56. The summed E-state index contributed by atoms with van der Waals surface area (Å²) in [6.45, 7) is 0. The summed E-state index contributed by atoms with van der Waals surface area (Å²) in [5.74, 6) is 0. The second kappa shape index (κ2) is 13.2. The van der Waals surface area contributed by atoms with Gasteiger partial charge in [0.2, 0.25) is 0 Å².